The lowest BCUT2D eigenvalue weighted by Crippen LogP contribution is -2.07. The first kappa shape index (κ1) is 15.8. The van der Waals surface area contributed by atoms with Crippen LogP contribution < -0.4 is 5.32 Å². The Morgan fingerprint density at radius 3 is 2.87 bits per heavy atom. The van der Waals surface area contributed by atoms with Crippen LogP contribution in [0.2, 0.25) is 10.0 Å². The van der Waals surface area contributed by atoms with Crippen LogP contribution in [0.25, 0.3) is 17.3 Å². The Bertz CT molecular complexity index is 857. The van der Waals surface area contributed by atoms with Gasteiger partial charge in [-0.2, -0.15) is 0 Å². The summed E-state index contributed by atoms with van der Waals surface area (Å²) < 4.78 is 5.11. The van der Waals surface area contributed by atoms with E-state index in [1.54, 1.807) is 36.6 Å². The van der Waals surface area contributed by atoms with Crippen LogP contribution in [-0.4, -0.2) is 10.9 Å². The maximum Gasteiger partial charge on any atom is 0.250 e. The predicted octanol–water partition coefficient (Wildman–Crippen LogP) is 5.36. The van der Waals surface area contributed by atoms with Crippen molar-refractivity contribution in [2.45, 2.75) is 0 Å². The monoisotopic (exact) mass is 364 g/mol. The fourth-order valence-electron chi connectivity index (χ4n) is 1.81. The van der Waals surface area contributed by atoms with Crippen LogP contribution >= 0.6 is 34.5 Å². The molecule has 7 heteroatoms. The van der Waals surface area contributed by atoms with Crippen LogP contribution in [0, 0.1) is 0 Å². The van der Waals surface area contributed by atoms with Gasteiger partial charge in [0.2, 0.25) is 5.91 Å². The summed E-state index contributed by atoms with van der Waals surface area (Å²) in [6.45, 7) is 0. The number of carbonyl (C=O) groups excluding carboxylic acids is 1. The molecule has 2 aromatic heterocycles. The average Bonchev–Trinajstić information content (AvgIpc) is 3.19. The molecule has 2 heterocycles. The quantitative estimate of drug-likeness (QED) is 0.633. The molecule has 1 amide bonds. The summed E-state index contributed by atoms with van der Waals surface area (Å²) in [7, 11) is 0. The third-order valence-electron chi connectivity index (χ3n) is 2.89. The number of amides is 1. The van der Waals surface area contributed by atoms with Crippen molar-refractivity contribution in [1.82, 2.24) is 4.98 Å². The highest BCUT2D eigenvalue weighted by Gasteiger charge is 2.08. The number of nitrogens with one attached hydrogen (secondary N) is 1. The first-order valence-electron chi connectivity index (χ1n) is 6.55. The molecule has 1 aromatic carbocycles. The van der Waals surface area contributed by atoms with Crippen molar-refractivity contribution in [3.05, 3.63) is 63.9 Å². The number of anilines is 1. The molecule has 116 valence electrons. The van der Waals surface area contributed by atoms with E-state index in [9.17, 15) is 4.79 Å². The molecule has 1 N–H and O–H groups in total. The molecule has 3 rings (SSSR count). The number of halogens is 2. The van der Waals surface area contributed by atoms with Gasteiger partial charge < -0.3 is 4.42 Å². The molecule has 0 bridgehead atoms. The van der Waals surface area contributed by atoms with E-state index in [1.165, 1.54) is 17.4 Å². The van der Waals surface area contributed by atoms with E-state index in [0.29, 0.717) is 20.9 Å². The van der Waals surface area contributed by atoms with Crippen molar-refractivity contribution in [3.8, 4) is 11.3 Å². The highest BCUT2D eigenvalue weighted by molar-refractivity contribution is 7.14. The van der Waals surface area contributed by atoms with Gasteiger partial charge in [-0.25, -0.2) is 4.98 Å². The average molecular weight is 365 g/mol. The molecule has 0 spiro atoms. The summed E-state index contributed by atoms with van der Waals surface area (Å²) in [5, 5.41) is 5.99. The first-order chi connectivity index (χ1) is 11.1. The number of hydrogen-bond donors (Lipinski definition) is 1. The summed E-state index contributed by atoms with van der Waals surface area (Å²) in [6.07, 6.45) is 4.52. The summed E-state index contributed by atoms with van der Waals surface area (Å²) in [5.74, 6) is 0.326. The molecule has 0 saturated heterocycles. The Labute approximate surface area is 146 Å². The zero-order chi connectivity index (χ0) is 16.2. The third kappa shape index (κ3) is 4.01. The van der Waals surface area contributed by atoms with Gasteiger partial charge in [0.15, 0.2) is 5.13 Å². The van der Waals surface area contributed by atoms with E-state index >= 15 is 0 Å². The van der Waals surface area contributed by atoms with Gasteiger partial charge in [0.1, 0.15) is 5.76 Å². The second kappa shape index (κ2) is 7.00. The SMILES string of the molecule is O=C(/C=C\c1ccco1)Nc1nc(-c2ccc(Cl)c(Cl)c2)cs1. The molecule has 0 aliphatic heterocycles. The van der Waals surface area contributed by atoms with E-state index in [4.69, 9.17) is 27.6 Å². The maximum atomic E-state index is 11.8. The Hall–Kier alpha value is -2.08. The van der Waals surface area contributed by atoms with Gasteiger partial charge in [-0.15, -0.1) is 11.3 Å². The lowest BCUT2D eigenvalue weighted by atomic mass is 10.2. The second-order valence-corrected chi connectivity index (χ2v) is 6.18. The highest BCUT2D eigenvalue weighted by atomic mass is 35.5. The van der Waals surface area contributed by atoms with Gasteiger partial charge in [-0.05, 0) is 30.3 Å². The Morgan fingerprint density at radius 2 is 2.13 bits per heavy atom. The van der Waals surface area contributed by atoms with Crippen molar-refractivity contribution in [3.63, 3.8) is 0 Å². The molecule has 4 nitrogen and oxygen atoms in total. The van der Waals surface area contributed by atoms with Gasteiger partial charge in [-0.3, -0.25) is 10.1 Å². The zero-order valence-corrected chi connectivity index (χ0v) is 14.0. The normalized spacial score (nSPS) is 11.0. The Kier molecular flexibility index (Phi) is 4.81. The lowest BCUT2D eigenvalue weighted by Gasteiger charge is -1.99. The number of furan rings is 1. The number of rotatable bonds is 4. The second-order valence-electron chi connectivity index (χ2n) is 4.50. The number of thiazole rings is 1. The third-order valence-corrected chi connectivity index (χ3v) is 4.39. The molecular formula is C16H10Cl2N2O2S. The predicted molar refractivity (Wildman–Crippen MR) is 93.9 cm³/mol. The van der Waals surface area contributed by atoms with Gasteiger partial charge in [-0.1, -0.05) is 29.3 Å². The number of hydrogen-bond acceptors (Lipinski definition) is 4. The number of nitrogens with zero attached hydrogens (tertiary/aromatic N) is 1. The minimum absolute atomic E-state index is 0.281. The standard InChI is InChI=1S/C16H10Cl2N2O2S/c17-12-5-3-10(8-13(12)18)14-9-23-16(19-14)20-15(21)6-4-11-2-1-7-22-11/h1-9H,(H,19,20,21)/b6-4-. The zero-order valence-electron chi connectivity index (χ0n) is 11.6. The molecule has 0 unspecified atom stereocenters. The molecular weight excluding hydrogens is 355 g/mol. The van der Waals surface area contributed by atoms with Gasteiger partial charge >= 0.3 is 0 Å². The van der Waals surface area contributed by atoms with E-state index < -0.39 is 0 Å². The van der Waals surface area contributed by atoms with Crippen LogP contribution in [0.3, 0.4) is 0 Å². The van der Waals surface area contributed by atoms with Crippen molar-refractivity contribution < 1.29 is 9.21 Å². The summed E-state index contributed by atoms with van der Waals surface area (Å²) in [6, 6.07) is 8.79. The topological polar surface area (TPSA) is 55.1 Å². The molecule has 3 aromatic rings. The van der Waals surface area contributed by atoms with Gasteiger partial charge in [0.05, 0.1) is 22.0 Å². The number of aromatic nitrogens is 1. The van der Waals surface area contributed by atoms with Crippen molar-refractivity contribution in [2.75, 3.05) is 5.32 Å². The fraction of sp³-hybridized carbons (Fsp3) is 0. The minimum Gasteiger partial charge on any atom is -0.465 e. The lowest BCUT2D eigenvalue weighted by molar-refractivity contribution is -0.111. The van der Waals surface area contributed by atoms with Crippen molar-refractivity contribution in [1.29, 1.82) is 0 Å². The highest BCUT2D eigenvalue weighted by Crippen LogP contribution is 2.30. The smallest absolute Gasteiger partial charge is 0.250 e. The maximum absolute atomic E-state index is 11.8. The van der Waals surface area contributed by atoms with E-state index in [-0.39, 0.29) is 5.91 Å². The molecule has 0 atom stereocenters. The van der Waals surface area contributed by atoms with Crippen LogP contribution in [0.4, 0.5) is 5.13 Å². The molecule has 0 aliphatic carbocycles. The number of benzene rings is 1. The van der Waals surface area contributed by atoms with Crippen LogP contribution in [-0.2, 0) is 4.79 Å². The van der Waals surface area contributed by atoms with Crippen LogP contribution in [0.5, 0.6) is 0 Å². The summed E-state index contributed by atoms with van der Waals surface area (Å²) >= 11 is 13.2. The molecule has 0 aliphatic rings. The van der Waals surface area contributed by atoms with Crippen molar-refractivity contribution >= 4 is 51.7 Å². The van der Waals surface area contributed by atoms with Crippen LogP contribution in [0.15, 0.2) is 52.5 Å². The van der Waals surface area contributed by atoms with Crippen LogP contribution in [0.1, 0.15) is 5.76 Å². The molecule has 0 radical (unpaired) electrons. The van der Waals surface area contributed by atoms with Gasteiger partial charge in [0.25, 0.3) is 0 Å². The Balaban J connectivity index is 1.69. The van der Waals surface area contributed by atoms with E-state index in [2.05, 4.69) is 10.3 Å². The molecule has 0 fully saturated rings. The molecule has 23 heavy (non-hydrogen) atoms. The number of carbonyl (C=O) groups is 1. The first-order valence-corrected chi connectivity index (χ1v) is 8.19. The van der Waals surface area contributed by atoms with E-state index in [0.717, 1.165) is 11.3 Å². The largest absolute Gasteiger partial charge is 0.465 e. The van der Waals surface area contributed by atoms with Gasteiger partial charge in [0, 0.05) is 17.0 Å². The minimum atomic E-state index is -0.281. The summed E-state index contributed by atoms with van der Waals surface area (Å²) in [4.78, 5) is 16.2. The summed E-state index contributed by atoms with van der Waals surface area (Å²) in [5.41, 5.74) is 1.56. The van der Waals surface area contributed by atoms with E-state index in [1.807, 2.05) is 11.4 Å². The molecule has 0 saturated carbocycles. The van der Waals surface area contributed by atoms with Crippen molar-refractivity contribution in [2.24, 2.45) is 0 Å². The Morgan fingerprint density at radius 1 is 1.26 bits per heavy atom. The fourth-order valence-corrected chi connectivity index (χ4v) is 2.83.